The predicted octanol–water partition coefficient (Wildman–Crippen LogP) is 2.28. The van der Waals surface area contributed by atoms with Crippen molar-refractivity contribution in [1.82, 2.24) is 0 Å². The quantitative estimate of drug-likeness (QED) is 0.811. The van der Waals surface area contributed by atoms with Gasteiger partial charge in [-0.25, -0.2) is 4.39 Å². The lowest BCUT2D eigenvalue weighted by atomic mass is 10.1. The number of aliphatic carboxylic acids is 1. The molecule has 1 atom stereocenters. The number of anilines is 2. The molecular formula is C19H17FN2O5. The molecule has 0 radical (unpaired) electrons. The summed E-state index contributed by atoms with van der Waals surface area (Å²) >= 11 is 0. The van der Waals surface area contributed by atoms with Crippen molar-refractivity contribution in [3.8, 4) is 5.75 Å². The molecule has 0 saturated carbocycles. The standard InChI is InChI=1S/C19H17FN2O5/c20-13-1-3-14(4-2-13)21-17(23)11-27-16-7-5-15(6-8-16)22-10-12(19(25)26)9-18(22)24/h1-8,12H,9-11H2,(H,21,23)(H,25,26)/t12-/m1/s1. The molecule has 0 aromatic heterocycles. The second-order valence-corrected chi connectivity index (χ2v) is 6.08. The number of carbonyl (C=O) groups excluding carboxylic acids is 2. The molecule has 1 aliphatic heterocycles. The summed E-state index contributed by atoms with van der Waals surface area (Å²) in [5.41, 5.74) is 1.03. The van der Waals surface area contributed by atoms with E-state index < -0.39 is 23.6 Å². The molecule has 27 heavy (non-hydrogen) atoms. The minimum absolute atomic E-state index is 0.0167. The molecule has 2 amide bonds. The number of amides is 2. The molecule has 1 fully saturated rings. The Morgan fingerprint density at radius 3 is 2.41 bits per heavy atom. The molecule has 8 heteroatoms. The summed E-state index contributed by atoms with van der Waals surface area (Å²) in [4.78, 5) is 36.2. The van der Waals surface area contributed by atoms with Crippen LogP contribution in [0.5, 0.6) is 5.75 Å². The number of nitrogens with zero attached hydrogens (tertiary/aromatic N) is 1. The lowest BCUT2D eigenvalue weighted by Crippen LogP contribution is -2.25. The van der Waals surface area contributed by atoms with Gasteiger partial charge in [0, 0.05) is 24.3 Å². The Bertz CT molecular complexity index is 851. The number of halogens is 1. The minimum Gasteiger partial charge on any atom is -0.484 e. The summed E-state index contributed by atoms with van der Waals surface area (Å²) in [6.07, 6.45) is -0.0167. The third-order valence-corrected chi connectivity index (χ3v) is 4.12. The maximum absolute atomic E-state index is 12.8. The van der Waals surface area contributed by atoms with E-state index in [4.69, 9.17) is 9.84 Å². The van der Waals surface area contributed by atoms with E-state index in [9.17, 15) is 18.8 Å². The summed E-state index contributed by atoms with van der Waals surface area (Å²) in [7, 11) is 0. The maximum atomic E-state index is 12.8. The van der Waals surface area contributed by atoms with E-state index in [2.05, 4.69) is 5.32 Å². The molecule has 0 unspecified atom stereocenters. The van der Waals surface area contributed by atoms with Gasteiger partial charge >= 0.3 is 5.97 Å². The first-order valence-corrected chi connectivity index (χ1v) is 8.24. The van der Waals surface area contributed by atoms with E-state index in [1.807, 2.05) is 0 Å². The van der Waals surface area contributed by atoms with Gasteiger partial charge in [0.25, 0.3) is 5.91 Å². The number of carboxylic acid groups (broad SMARTS) is 1. The SMILES string of the molecule is O=C(COc1ccc(N2C[C@H](C(=O)O)CC2=O)cc1)Nc1ccc(F)cc1. The zero-order chi connectivity index (χ0) is 19.4. The number of carboxylic acids is 1. The number of nitrogens with one attached hydrogen (secondary N) is 1. The lowest BCUT2D eigenvalue weighted by Gasteiger charge is -2.16. The molecule has 0 spiro atoms. The second-order valence-electron chi connectivity index (χ2n) is 6.08. The first kappa shape index (κ1) is 18.4. The maximum Gasteiger partial charge on any atom is 0.308 e. The van der Waals surface area contributed by atoms with E-state index in [1.165, 1.54) is 29.2 Å². The predicted molar refractivity (Wildman–Crippen MR) is 95.1 cm³/mol. The van der Waals surface area contributed by atoms with Crippen LogP contribution in [0.3, 0.4) is 0 Å². The summed E-state index contributed by atoms with van der Waals surface area (Å²) in [6, 6.07) is 11.8. The van der Waals surface area contributed by atoms with Crippen molar-refractivity contribution in [2.75, 3.05) is 23.4 Å². The van der Waals surface area contributed by atoms with Gasteiger partial charge in [0.05, 0.1) is 5.92 Å². The summed E-state index contributed by atoms with van der Waals surface area (Å²) in [6.45, 7) is -0.102. The van der Waals surface area contributed by atoms with Crippen LogP contribution in [0.25, 0.3) is 0 Å². The largest absolute Gasteiger partial charge is 0.484 e. The van der Waals surface area contributed by atoms with E-state index in [0.29, 0.717) is 17.1 Å². The van der Waals surface area contributed by atoms with Crippen molar-refractivity contribution in [1.29, 1.82) is 0 Å². The molecule has 1 heterocycles. The second kappa shape index (κ2) is 7.86. The van der Waals surface area contributed by atoms with Crippen molar-refractivity contribution in [2.24, 2.45) is 5.92 Å². The van der Waals surface area contributed by atoms with Gasteiger partial charge < -0.3 is 20.1 Å². The van der Waals surface area contributed by atoms with Gasteiger partial charge in [0.2, 0.25) is 5.91 Å². The summed E-state index contributed by atoms with van der Waals surface area (Å²) in [5.74, 6) is -2.30. The molecule has 2 aromatic rings. The normalized spacial score (nSPS) is 16.3. The average molecular weight is 372 g/mol. The van der Waals surface area contributed by atoms with Crippen LogP contribution < -0.4 is 15.0 Å². The monoisotopic (exact) mass is 372 g/mol. The Balaban J connectivity index is 1.53. The Morgan fingerprint density at radius 2 is 1.81 bits per heavy atom. The first-order valence-electron chi connectivity index (χ1n) is 8.24. The Labute approximate surface area is 154 Å². The number of hydrogen-bond donors (Lipinski definition) is 2. The fourth-order valence-corrected chi connectivity index (χ4v) is 2.72. The van der Waals surface area contributed by atoms with Crippen molar-refractivity contribution in [2.45, 2.75) is 6.42 Å². The number of carbonyl (C=O) groups is 3. The van der Waals surface area contributed by atoms with Crippen LogP contribution in [-0.4, -0.2) is 36.0 Å². The Morgan fingerprint density at radius 1 is 1.15 bits per heavy atom. The zero-order valence-electron chi connectivity index (χ0n) is 14.2. The summed E-state index contributed by atoms with van der Waals surface area (Å²) in [5, 5.41) is 11.6. The molecule has 2 aromatic carbocycles. The van der Waals surface area contributed by atoms with Crippen LogP contribution in [0.1, 0.15) is 6.42 Å². The highest BCUT2D eigenvalue weighted by atomic mass is 19.1. The van der Waals surface area contributed by atoms with Crippen LogP contribution >= 0.6 is 0 Å². The number of ether oxygens (including phenoxy) is 1. The highest BCUT2D eigenvalue weighted by Crippen LogP contribution is 2.27. The zero-order valence-corrected chi connectivity index (χ0v) is 14.2. The average Bonchev–Trinajstić information content (AvgIpc) is 3.04. The van der Waals surface area contributed by atoms with E-state index in [-0.39, 0.29) is 25.5 Å². The van der Waals surface area contributed by atoms with Crippen molar-refractivity contribution < 1.29 is 28.6 Å². The molecule has 0 aliphatic carbocycles. The summed E-state index contributed by atoms with van der Waals surface area (Å²) < 4.78 is 18.2. The topological polar surface area (TPSA) is 95.9 Å². The van der Waals surface area contributed by atoms with Crippen LogP contribution in [0.15, 0.2) is 48.5 Å². The number of benzene rings is 2. The molecule has 1 aliphatic rings. The highest BCUT2D eigenvalue weighted by Gasteiger charge is 2.34. The van der Waals surface area contributed by atoms with Crippen LogP contribution in [0.4, 0.5) is 15.8 Å². The van der Waals surface area contributed by atoms with Gasteiger partial charge in [-0.2, -0.15) is 0 Å². The molecule has 140 valence electrons. The molecular weight excluding hydrogens is 355 g/mol. The van der Waals surface area contributed by atoms with Crippen LogP contribution in [0, 0.1) is 11.7 Å². The van der Waals surface area contributed by atoms with Crippen molar-refractivity contribution in [3.05, 3.63) is 54.3 Å². The molecule has 0 bridgehead atoms. The highest BCUT2D eigenvalue weighted by molar-refractivity contribution is 5.99. The fraction of sp³-hybridized carbons (Fsp3) is 0.211. The third-order valence-electron chi connectivity index (χ3n) is 4.12. The smallest absolute Gasteiger partial charge is 0.308 e. The van der Waals surface area contributed by atoms with Crippen molar-refractivity contribution >= 4 is 29.2 Å². The third kappa shape index (κ3) is 4.60. The van der Waals surface area contributed by atoms with E-state index >= 15 is 0 Å². The molecule has 2 N–H and O–H groups in total. The Kier molecular flexibility index (Phi) is 5.35. The van der Waals surface area contributed by atoms with E-state index in [1.54, 1.807) is 24.3 Å². The lowest BCUT2D eigenvalue weighted by molar-refractivity contribution is -0.141. The van der Waals surface area contributed by atoms with Gasteiger partial charge in [-0.05, 0) is 48.5 Å². The van der Waals surface area contributed by atoms with Gasteiger partial charge in [-0.1, -0.05) is 0 Å². The first-order chi connectivity index (χ1) is 12.9. The molecule has 1 saturated heterocycles. The van der Waals surface area contributed by atoms with Gasteiger partial charge in [0.1, 0.15) is 11.6 Å². The van der Waals surface area contributed by atoms with E-state index in [0.717, 1.165) is 0 Å². The number of rotatable bonds is 6. The fourth-order valence-electron chi connectivity index (χ4n) is 2.72. The Hall–Kier alpha value is -3.42. The van der Waals surface area contributed by atoms with Gasteiger partial charge in [0.15, 0.2) is 6.61 Å². The molecule has 7 nitrogen and oxygen atoms in total. The minimum atomic E-state index is -0.988. The van der Waals surface area contributed by atoms with Crippen molar-refractivity contribution in [3.63, 3.8) is 0 Å². The van der Waals surface area contributed by atoms with Gasteiger partial charge in [-0.15, -0.1) is 0 Å². The van der Waals surface area contributed by atoms with Crippen LogP contribution in [0.2, 0.25) is 0 Å². The van der Waals surface area contributed by atoms with Crippen LogP contribution in [-0.2, 0) is 14.4 Å². The number of hydrogen-bond acceptors (Lipinski definition) is 4. The molecule has 3 rings (SSSR count). The van der Waals surface area contributed by atoms with Gasteiger partial charge in [-0.3, -0.25) is 14.4 Å².